The van der Waals surface area contributed by atoms with Gasteiger partial charge in [0.05, 0.1) is 17.0 Å². The maximum atomic E-state index is 13.8. The smallest absolute Gasteiger partial charge is 0.258 e. The van der Waals surface area contributed by atoms with Crippen LogP contribution in [0.1, 0.15) is 11.1 Å². The van der Waals surface area contributed by atoms with Crippen LogP contribution >= 0.6 is 0 Å². The summed E-state index contributed by atoms with van der Waals surface area (Å²) in [4.78, 5) is 17.4. The topological polar surface area (TPSA) is 77.4 Å². The molecule has 0 atom stereocenters. The molecule has 3 aromatic carbocycles. The molecule has 0 saturated heterocycles. The Hall–Kier alpha value is -4.59. The average Bonchev–Trinajstić information content (AvgIpc) is 3.55. The monoisotopic (exact) mass is 454 g/mol. The molecule has 1 amide bonds. The zero-order valence-corrected chi connectivity index (χ0v) is 18.1. The fraction of sp³-hybridized carbons (Fsp3) is 0.0769. The Bertz CT molecular complexity index is 1470. The third-order valence-electron chi connectivity index (χ3n) is 5.87. The van der Waals surface area contributed by atoms with Crippen LogP contribution < -0.4 is 20.1 Å². The summed E-state index contributed by atoms with van der Waals surface area (Å²) in [6, 6.07) is 17.5. The summed E-state index contributed by atoms with van der Waals surface area (Å²) in [6.45, 7) is 0.148. The standard InChI is InChI=1S/C26H19FN4O3/c1-31-11-10-28-25(31)15-2-6-18(7-3-15)29-24(16-4-9-21-22(12-16)34-14-33-21)23-19-8-5-17(27)13-20(19)30-26(23)32/h2-13,29H,14H2,1H3,(H,30,32)/b24-23-. The Morgan fingerprint density at radius 3 is 2.68 bits per heavy atom. The second kappa shape index (κ2) is 7.77. The second-order valence-corrected chi connectivity index (χ2v) is 8.03. The lowest BCUT2D eigenvalue weighted by atomic mass is 9.99. The van der Waals surface area contributed by atoms with Crippen molar-refractivity contribution in [3.8, 4) is 22.9 Å². The van der Waals surface area contributed by atoms with Gasteiger partial charge < -0.3 is 24.7 Å². The molecule has 4 aromatic rings. The van der Waals surface area contributed by atoms with E-state index in [1.807, 2.05) is 60.3 Å². The summed E-state index contributed by atoms with van der Waals surface area (Å²) in [5, 5.41) is 6.17. The molecule has 0 spiro atoms. The number of fused-ring (bicyclic) bond motifs is 2. The number of aryl methyl sites for hydroxylation is 1. The highest BCUT2D eigenvalue weighted by Crippen LogP contribution is 2.41. The quantitative estimate of drug-likeness (QED) is 0.430. The van der Waals surface area contributed by atoms with Gasteiger partial charge in [0.1, 0.15) is 11.6 Å². The molecule has 1 aromatic heterocycles. The summed E-state index contributed by atoms with van der Waals surface area (Å²) in [5.41, 5.74) is 4.53. The van der Waals surface area contributed by atoms with Gasteiger partial charge in [0.25, 0.3) is 5.91 Å². The van der Waals surface area contributed by atoms with Gasteiger partial charge in [0.2, 0.25) is 6.79 Å². The molecule has 2 aliphatic heterocycles. The zero-order valence-electron chi connectivity index (χ0n) is 18.1. The third kappa shape index (κ3) is 3.36. The minimum absolute atomic E-state index is 0.148. The van der Waals surface area contributed by atoms with Crippen LogP contribution in [-0.4, -0.2) is 22.3 Å². The molecule has 8 heteroatoms. The highest BCUT2D eigenvalue weighted by molar-refractivity contribution is 6.37. The van der Waals surface area contributed by atoms with Gasteiger partial charge in [-0.2, -0.15) is 0 Å². The highest BCUT2D eigenvalue weighted by Gasteiger charge is 2.29. The van der Waals surface area contributed by atoms with Crippen LogP contribution in [0.4, 0.5) is 15.8 Å². The van der Waals surface area contributed by atoms with Gasteiger partial charge in [-0.3, -0.25) is 4.79 Å². The largest absolute Gasteiger partial charge is 0.454 e. The lowest BCUT2D eigenvalue weighted by molar-refractivity contribution is -0.110. The second-order valence-electron chi connectivity index (χ2n) is 8.03. The molecule has 34 heavy (non-hydrogen) atoms. The Morgan fingerprint density at radius 1 is 1.06 bits per heavy atom. The highest BCUT2D eigenvalue weighted by atomic mass is 19.1. The molecule has 3 heterocycles. The first kappa shape index (κ1) is 20.0. The number of rotatable bonds is 4. The van der Waals surface area contributed by atoms with Crippen molar-refractivity contribution in [2.24, 2.45) is 7.05 Å². The number of carbonyl (C=O) groups excluding carboxylic acids is 1. The van der Waals surface area contributed by atoms with E-state index in [0.29, 0.717) is 34.0 Å². The summed E-state index contributed by atoms with van der Waals surface area (Å²) in [7, 11) is 1.94. The number of anilines is 2. The van der Waals surface area contributed by atoms with Crippen molar-refractivity contribution in [1.82, 2.24) is 9.55 Å². The maximum absolute atomic E-state index is 13.8. The van der Waals surface area contributed by atoms with Crippen molar-refractivity contribution in [3.63, 3.8) is 0 Å². The van der Waals surface area contributed by atoms with Gasteiger partial charge in [-0.15, -0.1) is 0 Å². The summed E-state index contributed by atoms with van der Waals surface area (Å²) in [5.74, 6) is 1.37. The molecule has 0 bridgehead atoms. The van der Waals surface area contributed by atoms with Crippen LogP contribution in [0.15, 0.2) is 73.1 Å². The van der Waals surface area contributed by atoms with Gasteiger partial charge >= 0.3 is 0 Å². The van der Waals surface area contributed by atoms with Crippen LogP contribution in [0.3, 0.4) is 0 Å². The first-order valence-electron chi connectivity index (χ1n) is 10.7. The molecule has 0 fully saturated rings. The van der Waals surface area contributed by atoms with Crippen LogP contribution in [0.5, 0.6) is 11.5 Å². The predicted octanol–water partition coefficient (Wildman–Crippen LogP) is 4.89. The first-order chi connectivity index (χ1) is 16.6. The molecular formula is C26H19FN4O3. The van der Waals surface area contributed by atoms with E-state index < -0.39 is 5.82 Å². The number of hydrogen-bond donors (Lipinski definition) is 2. The molecule has 2 aliphatic rings. The van der Waals surface area contributed by atoms with Crippen molar-refractivity contribution >= 4 is 28.6 Å². The van der Waals surface area contributed by atoms with Crippen molar-refractivity contribution in [1.29, 1.82) is 0 Å². The zero-order chi connectivity index (χ0) is 23.2. The number of imidazole rings is 1. The summed E-state index contributed by atoms with van der Waals surface area (Å²) < 4.78 is 26.7. The molecule has 0 aliphatic carbocycles. The number of halogens is 1. The van der Waals surface area contributed by atoms with Gasteiger partial charge in [-0.25, -0.2) is 9.37 Å². The molecule has 0 unspecified atom stereocenters. The molecule has 0 saturated carbocycles. The van der Waals surface area contributed by atoms with E-state index in [2.05, 4.69) is 15.6 Å². The number of amides is 1. The number of hydrogen-bond acceptors (Lipinski definition) is 5. The number of nitrogens with zero attached hydrogens (tertiary/aromatic N) is 2. The lowest BCUT2D eigenvalue weighted by Gasteiger charge is -2.16. The van der Waals surface area contributed by atoms with E-state index in [1.165, 1.54) is 12.1 Å². The van der Waals surface area contributed by atoms with Gasteiger partial charge in [-0.05, 0) is 60.7 Å². The molecule has 6 rings (SSSR count). The normalized spacial score (nSPS) is 15.2. The van der Waals surface area contributed by atoms with Crippen molar-refractivity contribution < 1.29 is 18.7 Å². The van der Waals surface area contributed by atoms with Gasteiger partial charge in [0, 0.05) is 41.8 Å². The van der Waals surface area contributed by atoms with E-state index in [0.717, 1.165) is 22.6 Å². The number of carbonyl (C=O) groups is 1. The predicted molar refractivity (Wildman–Crippen MR) is 127 cm³/mol. The van der Waals surface area contributed by atoms with Crippen molar-refractivity contribution in [3.05, 3.63) is 90.0 Å². The van der Waals surface area contributed by atoms with E-state index in [4.69, 9.17) is 9.47 Å². The van der Waals surface area contributed by atoms with Crippen molar-refractivity contribution in [2.75, 3.05) is 17.4 Å². The first-order valence-corrected chi connectivity index (χ1v) is 10.7. The van der Waals surface area contributed by atoms with E-state index in [9.17, 15) is 9.18 Å². The Balaban J connectivity index is 1.46. The third-order valence-corrected chi connectivity index (χ3v) is 5.87. The lowest BCUT2D eigenvalue weighted by Crippen LogP contribution is -2.10. The minimum atomic E-state index is -0.414. The SMILES string of the molecule is Cn1ccnc1-c1ccc(N/C(=C2\C(=O)Nc3cc(F)ccc32)c2ccc3c(c2)OCO3)cc1. The van der Waals surface area contributed by atoms with E-state index in [-0.39, 0.29) is 12.7 Å². The maximum Gasteiger partial charge on any atom is 0.258 e. The van der Waals surface area contributed by atoms with Gasteiger partial charge in [-0.1, -0.05) is 0 Å². The summed E-state index contributed by atoms with van der Waals surface area (Å²) >= 11 is 0. The summed E-state index contributed by atoms with van der Waals surface area (Å²) in [6.07, 6.45) is 3.64. The number of aromatic nitrogens is 2. The van der Waals surface area contributed by atoms with Crippen molar-refractivity contribution in [2.45, 2.75) is 0 Å². The number of benzene rings is 3. The number of nitrogens with one attached hydrogen (secondary N) is 2. The van der Waals surface area contributed by atoms with Crippen LogP contribution in [0.25, 0.3) is 22.7 Å². The van der Waals surface area contributed by atoms with E-state index in [1.54, 1.807) is 12.3 Å². The molecular weight excluding hydrogens is 435 g/mol. The Labute approximate surface area is 194 Å². The fourth-order valence-corrected chi connectivity index (χ4v) is 4.22. The van der Waals surface area contributed by atoms with E-state index >= 15 is 0 Å². The number of ether oxygens (including phenoxy) is 2. The average molecular weight is 454 g/mol. The molecule has 2 N–H and O–H groups in total. The Morgan fingerprint density at radius 2 is 1.88 bits per heavy atom. The molecule has 168 valence electrons. The minimum Gasteiger partial charge on any atom is -0.454 e. The molecule has 0 radical (unpaired) electrons. The van der Waals surface area contributed by atoms with Crippen LogP contribution in [0.2, 0.25) is 0 Å². The Kier molecular flexibility index (Phi) is 4.58. The van der Waals surface area contributed by atoms with Gasteiger partial charge in [0.15, 0.2) is 11.5 Å². The fourth-order valence-electron chi connectivity index (χ4n) is 4.22. The molecule has 7 nitrogen and oxygen atoms in total. The van der Waals surface area contributed by atoms with Crippen LogP contribution in [0, 0.1) is 5.82 Å². The van der Waals surface area contributed by atoms with Crippen LogP contribution in [-0.2, 0) is 11.8 Å².